The number of rotatable bonds is 4. The number of benzene rings is 3. The molecule has 3 aromatic carbocycles. The van der Waals surface area contributed by atoms with Crippen LogP contribution in [0.25, 0.3) is 17.4 Å². The van der Waals surface area contributed by atoms with Gasteiger partial charge in [-0.3, -0.25) is 19.4 Å². The zero-order chi connectivity index (χ0) is 27.9. The average molecular weight is 547 g/mol. The van der Waals surface area contributed by atoms with Gasteiger partial charge >= 0.3 is 6.18 Å². The van der Waals surface area contributed by atoms with E-state index in [4.69, 9.17) is 16.6 Å². The Morgan fingerprint density at radius 2 is 1.46 bits per heavy atom. The molecule has 1 aliphatic heterocycles. The maximum Gasteiger partial charge on any atom is 0.416 e. The van der Waals surface area contributed by atoms with Gasteiger partial charge < -0.3 is 4.42 Å². The van der Waals surface area contributed by atoms with Crippen molar-refractivity contribution in [2.45, 2.75) is 20.0 Å². The summed E-state index contributed by atoms with van der Waals surface area (Å²) in [4.78, 5) is 29.9. The Bertz CT molecular complexity index is 1640. The highest BCUT2D eigenvalue weighted by atomic mass is 32.1. The van der Waals surface area contributed by atoms with Crippen LogP contribution in [0, 0.1) is 13.8 Å². The van der Waals surface area contributed by atoms with Gasteiger partial charge in [0.25, 0.3) is 11.8 Å². The maximum atomic E-state index is 13.7. The normalized spacial score (nSPS) is 15.4. The number of amides is 2. The molecular weight excluding hydrogens is 525 g/mol. The minimum atomic E-state index is -4.51. The van der Waals surface area contributed by atoms with Crippen molar-refractivity contribution >= 4 is 46.6 Å². The molecule has 1 fully saturated rings. The molecule has 0 saturated carbocycles. The standard InChI is InChI=1S/C30H21F3N2O3S/c1-18-11-12-23(15-19(18)2)35-28(37)25(27(36)34(29(35)39)22-9-4-3-5-10-22)17-24-13-14-26(38-24)20-7-6-8-21(16-20)30(31,32)33/h3-17H,1-2H3/b25-17-. The number of alkyl halides is 3. The Hall–Kier alpha value is -4.50. The highest BCUT2D eigenvalue weighted by Gasteiger charge is 2.41. The van der Waals surface area contributed by atoms with Crippen LogP contribution < -0.4 is 9.80 Å². The third-order valence-corrected chi connectivity index (χ3v) is 6.77. The van der Waals surface area contributed by atoms with Crippen molar-refractivity contribution in [1.29, 1.82) is 0 Å². The summed E-state index contributed by atoms with van der Waals surface area (Å²) in [6.45, 7) is 3.85. The highest BCUT2D eigenvalue weighted by molar-refractivity contribution is 7.81. The van der Waals surface area contributed by atoms with Crippen LogP contribution in [0.2, 0.25) is 0 Å². The fourth-order valence-corrected chi connectivity index (χ4v) is 4.58. The zero-order valence-electron chi connectivity index (χ0n) is 20.8. The second-order valence-corrected chi connectivity index (χ2v) is 9.37. The quantitative estimate of drug-likeness (QED) is 0.153. The van der Waals surface area contributed by atoms with Crippen LogP contribution in [0.4, 0.5) is 24.5 Å². The van der Waals surface area contributed by atoms with Crippen LogP contribution in [0.1, 0.15) is 22.5 Å². The molecular formula is C30H21F3N2O3S. The summed E-state index contributed by atoms with van der Waals surface area (Å²) in [6, 6.07) is 21.8. The molecule has 0 atom stereocenters. The first-order valence-corrected chi connectivity index (χ1v) is 12.3. The Balaban J connectivity index is 1.58. The molecule has 4 aromatic rings. The van der Waals surface area contributed by atoms with Crippen molar-refractivity contribution in [3.63, 3.8) is 0 Å². The molecule has 2 heterocycles. The first-order chi connectivity index (χ1) is 18.5. The Labute approximate surface area is 227 Å². The number of carbonyl (C=O) groups is 2. The van der Waals surface area contributed by atoms with Gasteiger partial charge in [0, 0.05) is 5.56 Å². The summed E-state index contributed by atoms with van der Waals surface area (Å²) in [5.41, 5.74) is 2.12. The average Bonchev–Trinajstić information content (AvgIpc) is 3.38. The van der Waals surface area contributed by atoms with Gasteiger partial charge in [0.2, 0.25) is 0 Å². The number of anilines is 2. The number of halogens is 3. The Kier molecular flexibility index (Phi) is 6.69. The van der Waals surface area contributed by atoms with Crippen molar-refractivity contribution in [1.82, 2.24) is 0 Å². The lowest BCUT2D eigenvalue weighted by molar-refractivity contribution is -0.137. The van der Waals surface area contributed by atoms with Crippen LogP contribution in [0.5, 0.6) is 0 Å². The summed E-state index contributed by atoms with van der Waals surface area (Å²) in [6.07, 6.45) is -3.22. The first-order valence-electron chi connectivity index (χ1n) is 11.9. The van der Waals surface area contributed by atoms with Gasteiger partial charge in [0.1, 0.15) is 17.1 Å². The van der Waals surface area contributed by atoms with Gasteiger partial charge in [0.05, 0.1) is 16.9 Å². The van der Waals surface area contributed by atoms with Gasteiger partial charge in [-0.1, -0.05) is 36.4 Å². The molecule has 0 radical (unpaired) electrons. The number of hydrogen-bond donors (Lipinski definition) is 0. The third-order valence-electron chi connectivity index (χ3n) is 6.40. The van der Waals surface area contributed by atoms with Crippen molar-refractivity contribution in [3.8, 4) is 11.3 Å². The number of thiocarbonyl (C=S) groups is 1. The molecule has 0 N–H and O–H groups in total. The number of carbonyl (C=O) groups excluding carboxylic acids is 2. The van der Waals surface area contributed by atoms with Gasteiger partial charge in [0.15, 0.2) is 5.11 Å². The van der Waals surface area contributed by atoms with E-state index in [9.17, 15) is 22.8 Å². The molecule has 0 unspecified atom stereocenters. The molecule has 1 aromatic heterocycles. The van der Waals surface area contributed by atoms with E-state index in [1.807, 2.05) is 26.0 Å². The summed E-state index contributed by atoms with van der Waals surface area (Å²) in [7, 11) is 0. The van der Waals surface area contributed by atoms with Gasteiger partial charge in [-0.05, 0) is 91.8 Å². The molecule has 0 aliphatic carbocycles. The monoisotopic (exact) mass is 546 g/mol. The van der Waals surface area contributed by atoms with E-state index in [0.717, 1.165) is 23.3 Å². The first kappa shape index (κ1) is 26.1. The summed E-state index contributed by atoms with van der Waals surface area (Å²) in [5, 5.41) is 0.000651. The number of para-hydroxylation sites is 1. The topological polar surface area (TPSA) is 53.8 Å². The second kappa shape index (κ2) is 9.99. The minimum Gasteiger partial charge on any atom is -0.457 e. The summed E-state index contributed by atoms with van der Waals surface area (Å²) in [5.74, 6) is -1.00. The van der Waals surface area contributed by atoms with Crippen LogP contribution in [0.15, 0.2) is 94.9 Å². The lowest BCUT2D eigenvalue weighted by atomic mass is 10.1. The Morgan fingerprint density at radius 3 is 2.13 bits per heavy atom. The van der Waals surface area contributed by atoms with Crippen LogP contribution in [-0.4, -0.2) is 16.9 Å². The molecule has 5 nitrogen and oxygen atoms in total. The smallest absolute Gasteiger partial charge is 0.416 e. The fourth-order valence-electron chi connectivity index (χ4n) is 4.20. The predicted molar refractivity (Wildman–Crippen MR) is 147 cm³/mol. The molecule has 1 aliphatic rings. The van der Waals surface area contributed by atoms with Crippen LogP contribution in [0.3, 0.4) is 0 Å². The highest BCUT2D eigenvalue weighted by Crippen LogP contribution is 2.34. The lowest BCUT2D eigenvalue weighted by Gasteiger charge is -2.36. The largest absolute Gasteiger partial charge is 0.457 e. The molecule has 1 saturated heterocycles. The van der Waals surface area contributed by atoms with Crippen LogP contribution >= 0.6 is 12.2 Å². The third kappa shape index (κ3) is 5.00. The van der Waals surface area contributed by atoms with Crippen molar-refractivity contribution < 1.29 is 27.2 Å². The fraction of sp³-hybridized carbons (Fsp3) is 0.100. The second-order valence-electron chi connectivity index (χ2n) is 9.01. The molecule has 0 bridgehead atoms. The molecule has 2 amide bonds. The summed E-state index contributed by atoms with van der Waals surface area (Å²) >= 11 is 5.64. The van der Waals surface area contributed by atoms with Crippen LogP contribution in [-0.2, 0) is 15.8 Å². The number of furan rings is 1. The zero-order valence-corrected chi connectivity index (χ0v) is 21.6. The number of hydrogen-bond acceptors (Lipinski definition) is 4. The minimum absolute atomic E-state index is 0.000651. The molecule has 5 rings (SSSR count). The SMILES string of the molecule is Cc1ccc(N2C(=O)/C(=C\c3ccc(-c4cccc(C(F)(F)F)c4)o3)C(=O)N(c3ccccc3)C2=S)cc1C. The van der Waals surface area contributed by atoms with Gasteiger partial charge in [-0.25, -0.2) is 0 Å². The molecule has 39 heavy (non-hydrogen) atoms. The molecule has 9 heteroatoms. The number of aryl methyl sites for hydroxylation is 2. The van der Waals surface area contributed by atoms with Gasteiger partial charge in [-0.15, -0.1) is 0 Å². The van der Waals surface area contributed by atoms with E-state index in [2.05, 4.69) is 0 Å². The Morgan fingerprint density at radius 1 is 0.769 bits per heavy atom. The van der Waals surface area contributed by atoms with E-state index in [1.165, 1.54) is 40.1 Å². The van der Waals surface area contributed by atoms with E-state index in [1.54, 1.807) is 36.4 Å². The van der Waals surface area contributed by atoms with E-state index >= 15 is 0 Å². The van der Waals surface area contributed by atoms with Gasteiger partial charge in [-0.2, -0.15) is 13.2 Å². The molecule has 0 spiro atoms. The predicted octanol–water partition coefficient (Wildman–Crippen LogP) is 7.33. The van der Waals surface area contributed by atoms with E-state index in [0.29, 0.717) is 11.4 Å². The maximum absolute atomic E-state index is 13.7. The number of nitrogens with zero attached hydrogens (tertiary/aromatic N) is 2. The molecule has 196 valence electrons. The van der Waals surface area contributed by atoms with Crippen molar-refractivity contribution in [2.75, 3.05) is 9.80 Å². The van der Waals surface area contributed by atoms with Crippen molar-refractivity contribution in [2.24, 2.45) is 0 Å². The van der Waals surface area contributed by atoms with E-state index in [-0.39, 0.29) is 27.8 Å². The lowest BCUT2D eigenvalue weighted by Crippen LogP contribution is -2.57. The summed E-state index contributed by atoms with van der Waals surface area (Å²) < 4.78 is 45.3. The van der Waals surface area contributed by atoms with Crippen molar-refractivity contribution in [3.05, 3.63) is 113 Å². The van der Waals surface area contributed by atoms with E-state index < -0.39 is 23.6 Å².